The predicted molar refractivity (Wildman–Crippen MR) is 57.3 cm³/mol. The van der Waals surface area contributed by atoms with E-state index in [0.717, 1.165) is 10.6 Å². The molecule has 2 aromatic heterocycles. The molecular formula is C9H10N2S2. The fraction of sp³-hybridized carbons (Fsp3) is 0.333. The molecule has 2 aromatic rings. The Hall–Kier alpha value is -0.740. The largest absolute Gasteiger partial charge is 0.252 e. The van der Waals surface area contributed by atoms with E-state index in [2.05, 4.69) is 29.2 Å². The van der Waals surface area contributed by atoms with E-state index in [1.807, 2.05) is 11.7 Å². The number of aromatic nitrogens is 2. The lowest BCUT2D eigenvalue weighted by molar-refractivity contribution is 0.854. The molecule has 0 radical (unpaired) electrons. The Morgan fingerprint density at radius 2 is 2.15 bits per heavy atom. The number of nitrogens with zero attached hydrogens (tertiary/aromatic N) is 2. The predicted octanol–water partition coefficient (Wildman–Crippen LogP) is 3.39. The molecule has 0 bridgehead atoms. The molecule has 68 valence electrons. The van der Waals surface area contributed by atoms with Crippen molar-refractivity contribution in [2.45, 2.75) is 19.8 Å². The third kappa shape index (κ3) is 1.78. The summed E-state index contributed by atoms with van der Waals surface area (Å²) in [7, 11) is 0. The van der Waals surface area contributed by atoms with Crippen molar-refractivity contribution in [3.8, 4) is 10.6 Å². The first kappa shape index (κ1) is 8.84. The smallest absolute Gasteiger partial charge is 0.0958 e. The number of hydrogen-bond donors (Lipinski definition) is 0. The molecular weight excluding hydrogens is 200 g/mol. The highest BCUT2D eigenvalue weighted by atomic mass is 32.1. The van der Waals surface area contributed by atoms with E-state index in [0.29, 0.717) is 5.92 Å². The fourth-order valence-corrected chi connectivity index (χ4v) is 2.50. The van der Waals surface area contributed by atoms with Gasteiger partial charge in [-0.25, -0.2) is 4.98 Å². The van der Waals surface area contributed by atoms with Crippen molar-refractivity contribution >= 4 is 22.7 Å². The first-order valence-corrected chi connectivity index (χ1v) is 5.87. The van der Waals surface area contributed by atoms with Crippen molar-refractivity contribution in [2.75, 3.05) is 0 Å². The zero-order valence-electron chi connectivity index (χ0n) is 7.52. The highest BCUT2D eigenvalue weighted by Crippen LogP contribution is 2.27. The van der Waals surface area contributed by atoms with Gasteiger partial charge < -0.3 is 0 Å². The van der Waals surface area contributed by atoms with Crippen molar-refractivity contribution < 1.29 is 0 Å². The lowest BCUT2D eigenvalue weighted by Crippen LogP contribution is -1.84. The summed E-state index contributed by atoms with van der Waals surface area (Å²) >= 11 is 3.36. The second kappa shape index (κ2) is 3.55. The highest BCUT2D eigenvalue weighted by molar-refractivity contribution is 7.14. The van der Waals surface area contributed by atoms with Crippen LogP contribution in [0.2, 0.25) is 0 Å². The normalized spacial score (nSPS) is 11.0. The molecule has 0 aliphatic rings. The van der Waals surface area contributed by atoms with E-state index in [-0.39, 0.29) is 0 Å². The van der Waals surface area contributed by atoms with Crippen molar-refractivity contribution in [1.29, 1.82) is 0 Å². The maximum atomic E-state index is 4.54. The highest BCUT2D eigenvalue weighted by Gasteiger charge is 2.07. The Balaban J connectivity index is 2.33. The minimum atomic E-state index is 0.520. The zero-order valence-corrected chi connectivity index (χ0v) is 9.15. The molecule has 4 heteroatoms. The third-order valence-electron chi connectivity index (χ3n) is 1.70. The summed E-state index contributed by atoms with van der Waals surface area (Å²) in [4.78, 5) is 9.73. The second-order valence-corrected chi connectivity index (χ2v) is 4.87. The van der Waals surface area contributed by atoms with Crippen LogP contribution in [0.25, 0.3) is 10.6 Å². The van der Waals surface area contributed by atoms with Gasteiger partial charge in [0.1, 0.15) is 0 Å². The SMILES string of the molecule is CC(C)c1nc(-c2cncs2)cs1. The van der Waals surface area contributed by atoms with Crippen molar-refractivity contribution in [3.05, 3.63) is 22.1 Å². The van der Waals surface area contributed by atoms with E-state index >= 15 is 0 Å². The van der Waals surface area contributed by atoms with E-state index in [1.54, 1.807) is 22.7 Å². The molecule has 0 unspecified atom stereocenters. The molecule has 0 aromatic carbocycles. The summed E-state index contributed by atoms with van der Waals surface area (Å²) in [5.41, 5.74) is 2.90. The Labute approximate surface area is 85.3 Å². The Morgan fingerprint density at radius 3 is 2.69 bits per heavy atom. The van der Waals surface area contributed by atoms with Gasteiger partial charge in [0.2, 0.25) is 0 Å². The monoisotopic (exact) mass is 210 g/mol. The summed E-state index contributed by atoms with van der Waals surface area (Å²) in [6.07, 6.45) is 1.86. The summed E-state index contributed by atoms with van der Waals surface area (Å²) in [5.74, 6) is 0.520. The lowest BCUT2D eigenvalue weighted by Gasteiger charge is -1.95. The van der Waals surface area contributed by atoms with Crippen LogP contribution in [0.15, 0.2) is 17.1 Å². The third-order valence-corrected chi connectivity index (χ3v) is 3.64. The molecule has 2 rings (SSSR count). The molecule has 13 heavy (non-hydrogen) atoms. The van der Waals surface area contributed by atoms with Crippen LogP contribution in [0.3, 0.4) is 0 Å². The molecule has 0 saturated heterocycles. The second-order valence-electron chi connectivity index (χ2n) is 3.09. The standard InChI is InChI=1S/C9H10N2S2/c1-6(2)9-11-7(4-12-9)8-3-10-5-13-8/h3-6H,1-2H3. The maximum Gasteiger partial charge on any atom is 0.0958 e. The van der Waals surface area contributed by atoms with Crippen LogP contribution in [-0.2, 0) is 0 Å². The van der Waals surface area contributed by atoms with Gasteiger partial charge in [-0.3, -0.25) is 4.98 Å². The van der Waals surface area contributed by atoms with E-state index in [1.165, 1.54) is 5.01 Å². The van der Waals surface area contributed by atoms with Gasteiger partial charge in [-0.05, 0) is 0 Å². The quantitative estimate of drug-likeness (QED) is 0.759. The van der Waals surface area contributed by atoms with Gasteiger partial charge in [0.25, 0.3) is 0 Å². The molecule has 0 spiro atoms. The van der Waals surface area contributed by atoms with Crippen LogP contribution in [0.5, 0.6) is 0 Å². The molecule has 0 atom stereocenters. The first-order chi connectivity index (χ1) is 6.27. The van der Waals surface area contributed by atoms with Crippen molar-refractivity contribution in [1.82, 2.24) is 9.97 Å². The van der Waals surface area contributed by atoms with Crippen LogP contribution < -0.4 is 0 Å². The molecule has 0 N–H and O–H groups in total. The fourth-order valence-electron chi connectivity index (χ4n) is 1.01. The zero-order chi connectivity index (χ0) is 9.26. The summed E-state index contributed by atoms with van der Waals surface area (Å²) in [6, 6.07) is 0. The maximum absolute atomic E-state index is 4.54. The van der Waals surface area contributed by atoms with Gasteiger partial charge >= 0.3 is 0 Å². The van der Waals surface area contributed by atoms with Crippen LogP contribution in [0.1, 0.15) is 24.8 Å². The summed E-state index contributed by atoms with van der Waals surface area (Å²) < 4.78 is 0. The summed E-state index contributed by atoms with van der Waals surface area (Å²) in [6.45, 7) is 4.32. The van der Waals surface area contributed by atoms with Gasteiger partial charge in [0.15, 0.2) is 0 Å². The van der Waals surface area contributed by atoms with Gasteiger partial charge in [-0.2, -0.15) is 0 Å². The molecule has 2 nitrogen and oxygen atoms in total. The van der Waals surface area contributed by atoms with Crippen LogP contribution >= 0.6 is 22.7 Å². The van der Waals surface area contributed by atoms with Crippen LogP contribution in [0.4, 0.5) is 0 Å². The van der Waals surface area contributed by atoms with Crippen LogP contribution in [0, 0.1) is 0 Å². The molecule has 0 amide bonds. The van der Waals surface area contributed by atoms with Crippen LogP contribution in [-0.4, -0.2) is 9.97 Å². The Bertz CT molecular complexity index is 376. The van der Waals surface area contributed by atoms with Crippen molar-refractivity contribution in [2.24, 2.45) is 0 Å². The van der Waals surface area contributed by atoms with Gasteiger partial charge in [0.05, 0.1) is 21.1 Å². The molecule has 0 aliphatic carbocycles. The van der Waals surface area contributed by atoms with Gasteiger partial charge in [-0.1, -0.05) is 13.8 Å². The van der Waals surface area contributed by atoms with E-state index < -0.39 is 0 Å². The lowest BCUT2D eigenvalue weighted by atomic mass is 10.2. The Kier molecular flexibility index (Phi) is 2.42. The minimum Gasteiger partial charge on any atom is -0.252 e. The average molecular weight is 210 g/mol. The van der Waals surface area contributed by atoms with E-state index in [9.17, 15) is 0 Å². The minimum absolute atomic E-state index is 0.520. The van der Waals surface area contributed by atoms with Gasteiger partial charge in [0, 0.05) is 17.5 Å². The Morgan fingerprint density at radius 1 is 1.31 bits per heavy atom. The number of hydrogen-bond acceptors (Lipinski definition) is 4. The average Bonchev–Trinajstić information content (AvgIpc) is 2.75. The molecule has 0 aliphatic heterocycles. The molecule has 2 heterocycles. The topological polar surface area (TPSA) is 25.8 Å². The first-order valence-electron chi connectivity index (χ1n) is 4.11. The number of rotatable bonds is 2. The molecule has 0 saturated carbocycles. The van der Waals surface area contributed by atoms with Gasteiger partial charge in [-0.15, -0.1) is 22.7 Å². The van der Waals surface area contributed by atoms with Crippen molar-refractivity contribution in [3.63, 3.8) is 0 Å². The van der Waals surface area contributed by atoms with E-state index in [4.69, 9.17) is 0 Å². The number of thiazole rings is 2. The molecule has 0 fully saturated rings. The summed E-state index contributed by atoms with van der Waals surface area (Å²) in [5, 5.41) is 3.30.